The van der Waals surface area contributed by atoms with Gasteiger partial charge in [-0.15, -0.1) is 0 Å². The summed E-state index contributed by atoms with van der Waals surface area (Å²) in [5.41, 5.74) is 0. The summed E-state index contributed by atoms with van der Waals surface area (Å²) in [6.07, 6.45) is -7.95. The van der Waals surface area contributed by atoms with E-state index >= 15 is 0 Å². The van der Waals surface area contributed by atoms with Gasteiger partial charge in [0.15, 0.2) is 12.5 Å². The first kappa shape index (κ1) is 9.82. The quantitative estimate of drug-likeness (QED) is 0.387. The Morgan fingerprint density at radius 2 is 2.00 bits per heavy atom. The molecule has 1 aliphatic heterocycles. The van der Waals surface area contributed by atoms with Crippen molar-refractivity contribution in [1.29, 1.82) is 0 Å². The maximum Gasteiger partial charge on any atom is 0.184 e. The molecule has 0 saturated carbocycles. The lowest BCUT2D eigenvalue weighted by molar-refractivity contribution is -0.149. The Labute approximate surface area is 68.0 Å². The van der Waals surface area contributed by atoms with Crippen molar-refractivity contribution >= 4 is 0 Å². The molecule has 0 aromatic rings. The molecule has 1 aliphatic rings. The monoisotopic (exact) mass is 182 g/mol. The molecule has 5 nitrogen and oxygen atoms in total. The van der Waals surface area contributed by atoms with Crippen molar-refractivity contribution in [3.63, 3.8) is 0 Å². The Bertz CT molecular complexity index is 155. The number of halogens is 1. The van der Waals surface area contributed by atoms with Crippen LogP contribution in [0.25, 0.3) is 0 Å². The summed E-state index contributed by atoms with van der Waals surface area (Å²) < 4.78 is 17.3. The maximum atomic E-state index is 12.9. The van der Waals surface area contributed by atoms with Gasteiger partial charge < -0.3 is 25.2 Å². The van der Waals surface area contributed by atoms with Gasteiger partial charge in [0.2, 0.25) is 0 Å². The van der Waals surface area contributed by atoms with E-state index in [4.69, 9.17) is 20.4 Å². The molecule has 12 heavy (non-hydrogen) atoms. The highest BCUT2D eigenvalue weighted by atomic mass is 19.1. The van der Waals surface area contributed by atoms with Crippen LogP contribution in [0.4, 0.5) is 4.39 Å². The van der Waals surface area contributed by atoms with Gasteiger partial charge in [-0.3, -0.25) is 0 Å². The molecule has 0 aromatic heterocycles. The van der Waals surface area contributed by atoms with E-state index in [0.29, 0.717) is 0 Å². The van der Waals surface area contributed by atoms with Crippen molar-refractivity contribution in [1.82, 2.24) is 0 Å². The van der Waals surface area contributed by atoms with Gasteiger partial charge in [0.1, 0.15) is 18.3 Å². The molecule has 0 spiro atoms. The van der Waals surface area contributed by atoms with Crippen LogP contribution in [0.15, 0.2) is 0 Å². The predicted molar refractivity (Wildman–Crippen MR) is 34.9 cm³/mol. The average molecular weight is 182 g/mol. The number of rotatable bonds is 2. The fraction of sp³-hybridized carbons (Fsp3) is 1.00. The summed E-state index contributed by atoms with van der Waals surface area (Å²) in [6.45, 7) is -0.676. The maximum absolute atomic E-state index is 12.9. The molecule has 4 N–H and O–H groups in total. The average Bonchev–Trinajstić information content (AvgIpc) is 2.32. The lowest BCUT2D eigenvalue weighted by Gasteiger charge is -2.16. The molecule has 5 atom stereocenters. The second-order valence-corrected chi connectivity index (χ2v) is 2.68. The fourth-order valence-corrected chi connectivity index (χ4v) is 1.07. The topological polar surface area (TPSA) is 90.2 Å². The van der Waals surface area contributed by atoms with Gasteiger partial charge in [-0.1, -0.05) is 0 Å². The minimum atomic E-state index is -1.87. The summed E-state index contributed by atoms with van der Waals surface area (Å²) in [4.78, 5) is 0. The molecule has 1 rings (SSSR count). The van der Waals surface area contributed by atoms with Crippen LogP contribution in [0.5, 0.6) is 0 Å². The number of aliphatic hydroxyl groups is 4. The zero-order valence-electron chi connectivity index (χ0n) is 6.17. The van der Waals surface area contributed by atoms with Crippen molar-refractivity contribution in [2.24, 2.45) is 0 Å². The van der Waals surface area contributed by atoms with E-state index in [2.05, 4.69) is 4.74 Å². The van der Waals surface area contributed by atoms with Gasteiger partial charge in [0.05, 0.1) is 6.61 Å². The van der Waals surface area contributed by atoms with Crippen molar-refractivity contribution in [3.05, 3.63) is 0 Å². The normalized spacial score (nSPS) is 44.8. The van der Waals surface area contributed by atoms with Crippen LogP contribution in [0, 0.1) is 0 Å². The molecule has 0 bridgehead atoms. The minimum absolute atomic E-state index is 0.676. The molecule has 0 aromatic carbocycles. The lowest BCUT2D eigenvalue weighted by atomic mass is 10.1. The second-order valence-electron chi connectivity index (χ2n) is 2.68. The Balaban J connectivity index is 2.58. The van der Waals surface area contributed by atoms with Crippen LogP contribution in [0.3, 0.4) is 0 Å². The summed E-state index contributed by atoms with van der Waals surface area (Å²) >= 11 is 0. The SMILES string of the molecule is OC[C@@H](O)[C@H]1O[C@H](O)[C@H](O)[C@@H]1F. The fourth-order valence-electron chi connectivity index (χ4n) is 1.07. The van der Waals surface area contributed by atoms with Crippen LogP contribution in [-0.2, 0) is 4.74 Å². The van der Waals surface area contributed by atoms with Crippen molar-refractivity contribution in [3.8, 4) is 0 Å². The Hall–Kier alpha value is -0.270. The smallest absolute Gasteiger partial charge is 0.184 e. The van der Waals surface area contributed by atoms with E-state index < -0.39 is 37.4 Å². The highest BCUT2D eigenvalue weighted by molar-refractivity contribution is 4.90. The molecule has 72 valence electrons. The van der Waals surface area contributed by atoms with Crippen molar-refractivity contribution < 1.29 is 29.6 Å². The molecule has 0 radical (unpaired) electrons. The Morgan fingerprint density at radius 1 is 1.42 bits per heavy atom. The summed E-state index contributed by atoms with van der Waals surface area (Å²) in [5.74, 6) is 0. The van der Waals surface area contributed by atoms with Gasteiger partial charge in [0.25, 0.3) is 0 Å². The zero-order valence-corrected chi connectivity index (χ0v) is 6.17. The first-order chi connectivity index (χ1) is 5.57. The molecule has 0 amide bonds. The predicted octanol–water partition coefficient (Wildman–Crippen LogP) is -2.24. The molecule has 0 aliphatic carbocycles. The zero-order chi connectivity index (χ0) is 9.30. The first-order valence-electron chi connectivity index (χ1n) is 3.52. The van der Waals surface area contributed by atoms with E-state index in [9.17, 15) is 4.39 Å². The Morgan fingerprint density at radius 3 is 2.33 bits per heavy atom. The Kier molecular flexibility index (Phi) is 2.97. The number of hydrogen-bond donors (Lipinski definition) is 4. The third-order valence-electron chi connectivity index (χ3n) is 1.80. The van der Waals surface area contributed by atoms with E-state index in [1.54, 1.807) is 0 Å². The van der Waals surface area contributed by atoms with Crippen LogP contribution >= 0.6 is 0 Å². The summed E-state index contributed by atoms with van der Waals surface area (Å²) in [5, 5.41) is 35.0. The largest absolute Gasteiger partial charge is 0.394 e. The van der Waals surface area contributed by atoms with E-state index in [0.717, 1.165) is 0 Å². The number of aliphatic hydroxyl groups excluding tert-OH is 4. The van der Waals surface area contributed by atoms with Crippen molar-refractivity contribution in [2.45, 2.75) is 30.8 Å². The molecule has 1 heterocycles. The van der Waals surface area contributed by atoms with Crippen LogP contribution in [0.2, 0.25) is 0 Å². The van der Waals surface area contributed by atoms with Gasteiger partial charge in [0, 0.05) is 0 Å². The highest BCUT2D eigenvalue weighted by Crippen LogP contribution is 2.24. The summed E-state index contributed by atoms with van der Waals surface area (Å²) in [6, 6.07) is 0. The molecule has 0 unspecified atom stereocenters. The molecule has 1 fully saturated rings. The van der Waals surface area contributed by atoms with E-state index in [-0.39, 0.29) is 0 Å². The van der Waals surface area contributed by atoms with Gasteiger partial charge in [-0.25, -0.2) is 4.39 Å². The molecule has 6 heteroatoms. The van der Waals surface area contributed by atoms with Crippen LogP contribution in [-0.4, -0.2) is 57.8 Å². The highest BCUT2D eigenvalue weighted by Gasteiger charge is 2.46. The standard InChI is InChI=1S/C6H11FO5/c7-3-4(10)6(11)12-5(3)2(9)1-8/h2-6,8-11H,1H2/t2-,3+,4-,5-,6+/m1/s1. The van der Waals surface area contributed by atoms with E-state index in [1.807, 2.05) is 0 Å². The van der Waals surface area contributed by atoms with E-state index in [1.165, 1.54) is 0 Å². The van der Waals surface area contributed by atoms with Gasteiger partial charge in [-0.05, 0) is 0 Å². The number of alkyl halides is 1. The number of ether oxygens (including phenoxy) is 1. The molecular weight excluding hydrogens is 171 g/mol. The second kappa shape index (κ2) is 3.63. The van der Waals surface area contributed by atoms with Crippen LogP contribution < -0.4 is 0 Å². The van der Waals surface area contributed by atoms with Gasteiger partial charge in [-0.2, -0.15) is 0 Å². The lowest BCUT2D eigenvalue weighted by Crippen LogP contribution is -2.37. The van der Waals surface area contributed by atoms with Crippen molar-refractivity contribution in [2.75, 3.05) is 6.61 Å². The van der Waals surface area contributed by atoms with Gasteiger partial charge >= 0.3 is 0 Å². The summed E-state index contributed by atoms with van der Waals surface area (Å²) in [7, 11) is 0. The minimum Gasteiger partial charge on any atom is -0.394 e. The number of hydrogen-bond acceptors (Lipinski definition) is 5. The third-order valence-corrected chi connectivity index (χ3v) is 1.80. The molecule has 1 saturated heterocycles. The first-order valence-corrected chi connectivity index (χ1v) is 3.52. The molecular formula is C6H11FO5. The third kappa shape index (κ3) is 1.57. The van der Waals surface area contributed by atoms with Crippen LogP contribution in [0.1, 0.15) is 0 Å².